The van der Waals surface area contributed by atoms with Gasteiger partial charge in [-0.25, -0.2) is 4.40 Å². The fourth-order valence-corrected chi connectivity index (χ4v) is 1.09. The van der Waals surface area contributed by atoms with Crippen LogP contribution >= 0.6 is 24.6 Å². The van der Waals surface area contributed by atoms with E-state index in [1.54, 1.807) is 0 Å². The fraction of sp³-hybridized carbons (Fsp3) is 0.400. The van der Waals surface area contributed by atoms with Crippen LogP contribution in [0.15, 0.2) is 4.40 Å². The number of hydrogen-bond acceptors (Lipinski definition) is 5. The molecule has 0 amide bonds. The number of aldehydes is 1. The molecule has 0 saturated carbocycles. The Morgan fingerprint density at radius 2 is 2.50 bits per heavy atom. The van der Waals surface area contributed by atoms with Crippen molar-refractivity contribution >= 4 is 41.6 Å². The van der Waals surface area contributed by atoms with Crippen LogP contribution in [0, 0.1) is 5.41 Å². The minimum Gasteiger partial charge on any atom is -0.296 e. The summed E-state index contributed by atoms with van der Waals surface area (Å²) in [5.41, 5.74) is 0.0928. The lowest BCUT2D eigenvalue weighted by atomic mass is 10.5. The normalized spacial score (nSPS) is 11.2. The monoisotopic (exact) mass is 176 g/mol. The van der Waals surface area contributed by atoms with Gasteiger partial charge in [-0.15, -0.1) is 11.8 Å². The lowest BCUT2D eigenvalue weighted by molar-refractivity contribution is -0.102. The van der Waals surface area contributed by atoms with Gasteiger partial charge in [-0.3, -0.25) is 10.2 Å². The first-order chi connectivity index (χ1) is 4.76. The van der Waals surface area contributed by atoms with Crippen LogP contribution in [0.4, 0.5) is 0 Å². The van der Waals surface area contributed by atoms with Gasteiger partial charge in [0.05, 0.1) is 0 Å². The molecule has 0 saturated heterocycles. The second-order valence-electron chi connectivity index (χ2n) is 1.37. The number of hydrogen-bond donors (Lipinski definition) is 2. The zero-order chi connectivity index (χ0) is 7.98. The van der Waals surface area contributed by atoms with Crippen molar-refractivity contribution < 1.29 is 4.79 Å². The molecular formula is C5H8N2OS2. The molecule has 0 bridgehead atoms. The number of thioether (sulfide) groups is 1. The fourth-order valence-electron chi connectivity index (χ4n) is 0.341. The van der Waals surface area contributed by atoms with Crippen LogP contribution in [0.5, 0.6) is 0 Å². The number of carbonyl (C=O) groups excluding carboxylic acids is 1. The molecule has 10 heavy (non-hydrogen) atoms. The van der Waals surface area contributed by atoms with E-state index in [4.69, 9.17) is 5.41 Å². The highest BCUT2D eigenvalue weighted by Gasteiger charge is 2.03. The van der Waals surface area contributed by atoms with E-state index in [2.05, 4.69) is 17.2 Å². The number of rotatable bonds is 3. The van der Waals surface area contributed by atoms with E-state index in [0.717, 1.165) is 5.75 Å². The SMILES string of the molecule is CCSC(=N)/C(C=O)=N\S. The molecule has 0 atom stereocenters. The Labute approximate surface area is 69.4 Å². The highest BCUT2D eigenvalue weighted by Crippen LogP contribution is 2.02. The molecule has 0 aromatic heterocycles. The van der Waals surface area contributed by atoms with E-state index in [0.29, 0.717) is 6.29 Å². The van der Waals surface area contributed by atoms with E-state index in [1.165, 1.54) is 11.8 Å². The number of nitrogens with one attached hydrogen (secondary N) is 1. The molecule has 0 aromatic carbocycles. The summed E-state index contributed by atoms with van der Waals surface area (Å²) in [5.74, 6) is 0.763. The Bertz CT molecular complexity index is 167. The van der Waals surface area contributed by atoms with Crippen LogP contribution in [0.2, 0.25) is 0 Å². The van der Waals surface area contributed by atoms with E-state index in [1.807, 2.05) is 6.92 Å². The standard InChI is InChI=1S/C5H8N2OS2/c1-2-10-5(6)4(3-8)7-9/h3,6,9H,2H2,1H3/b6-5?,7-4-. The van der Waals surface area contributed by atoms with E-state index >= 15 is 0 Å². The maximum absolute atomic E-state index is 10.1. The van der Waals surface area contributed by atoms with E-state index in [-0.39, 0.29) is 10.8 Å². The first-order valence-corrected chi connectivity index (χ1v) is 4.03. The molecule has 0 heterocycles. The third kappa shape index (κ3) is 3.03. The van der Waals surface area contributed by atoms with Crippen LogP contribution in [0.3, 0.4) is 0 Å². The second kappa shape index (κ2) is 5.49. The molecule has 0 aliphatic heterocycles. The van der Waals surface area contributed by atoms with Crippen LogP contribution in [-0.2, 0) is 4.79 Å². The Morgan fingerprint density at radius 3 is 2.80 bits per heavy atom. The molecule has 56 valence electrons. The van der Waals surface area contributed by atoms with Crippen molar-refractivity contribution in [3.63, 3.8) is 0 Å². The predicted molar refractivity (Wildman–Crippen MR) is 48.3 cm³/mol. The van der Waals surface area contributed by atoms with Crippen molar-refractivity contribution in [1.29, 1.82) is 5.41 Å². The Morgan fingerprint density at radius 1 is 1.90 bits per heavy atom. The smallest absolute Gasteiger partial charge is 0.171 e. The molecular weight excluding hydrogens is 168 g/mol. The first kappa shape index (κ1) is 9.71. The van der Waals surface area contributed by atoms with Crippen LogP contribution in [0.25, 0.3) is 0 Å². The minimum absolute atomic E-state index is 0.0928. The highest BCUT2D eigenvalue weighted by atomic mass is 32.2. The highest BCUT2D eigenvalue weighted by molar-refractivity contribution is 8.15. The molecule has 3 nitrogen and oxygen atoms in total. The summed E-state index contributed by atoms with van der Waals surface area (Å²) in [5, 5.41) is 7.37. The number of nitrogens with zero attached hydrogens (tertiary/aromatic N) is 1. The van der Waals surface area contributed by atoms with Gasteiger partial charge in [0.1, 0.15) is 10.8 Å². The lowest BCUT2D eigenvalue weighted by Gasteiger charge is -1.95. The van der Waals surface area contributed by atoms with Crippen LogP contribution in [-0.4, -0.2) is 22.8 Å². The molecule has 1 N–H and O–H groups in total. The average molecular weight is 176 g/mol. The lowest BCUT2D eigenvalue weighted by Crippen LogP contribution is -2.09. The molecule has 0 aliphatic carbocycles. The summed E-state index contributed by atoms with van der Waals surface area (Å²) in [7, 11) is 0. The maximum atomic E-state index is 10.1. The van der Waals surface area contributed by atoms with Crippen molar-refractivity contribution in [3.05, 3.63) is 0 Å². The topological polar surface area (TPSA) is 53.3 Å². The van der Waals surface area contributed by atoms with Crippen molar-refractivity contribution in [2.45, 2.75) is 6.92 Å². The number of carbonyl (C=O) groups is 1. The first-order valence-electron chi connectivity index (χ1n) is 2.65. The Kier molecular flexibility index (Phi) is 5.33. The van der Waals surface area contributed by atoms with Crippen molar-refractivity contribution in [2.24, 2.45) is 4.40 Å². The quantitative estimate of drug-likeness (QED) is 0.294. The van der Waals surface area contributed by atoms with Crippen molar-refractivity contribution in [2.75, 3.05) is 5.75 Å². The summed E-state index contributed by atoms with van der Waals surface area (Å²) in [6.07, 6.45) is 0.526. The van der Waals surface area contributed by atoms with Crippen molar-refractivity contribution in [1.82, 2.24) is 0 Å². The summed E-state index contributed by atoms with van der Waals surface area (Å²) >= 11 is 4.79. The summed E-state index contributed by atoms with van der Waals surface area (Å²) in [6, 6.07) is 0. The summed E-state index contributed by atoms with van der Waals surface area (Å²) < 4.78 is 3.32. The maximum Gasteiger partial charge on any atom is 0.171 e. The largest absolute Gasteiger partial charge is 0.296 e. The van der Waals surface area contributed by atoms with E-state index < -0.39 is 0 Å². The zero-order valence-corrected chi connectivity index (χ0v) is 7.21. The summed E-state index contributed by atoms with van der Waals surface area (Å²) in [6.45, 7) is 1.90. The van der Waals surface area contributed by atoms with Gasteiger partial charge >= 0.3 is 0 Å². The molecule has 0 aromatic rings. The second-order valence-corrected chi connectivity index (χ2v) is 2.84. The van der Waals surface area contributed by atoms with Gasteiger partial charge in [0.2, 0.25) is 0 Å². The number of thiol groups is 1. The molecule has 0 fully saturated rings. The predicted octanol–water partition coefficient (Wildman–Crippen LogP) is 1.20. The van der Waals surface area contributed by atoms with Gasteiger partial charge in [0.15, 0.2) is 6.29 Å². The molecule has 5 heteroatoms. The van der Waals surface area contributed by atoms with Crippen LogP contribution in [0.1, 0.15) is 6.92 Å². The Balaban J connectivity index is 4.04. The molecule has 0 aliphatic rings. The van der Waals surface area contributed by atoms with Gasteiger partial charge in [-0.2, -0.15) is 0 Å². The summed E-state index contributed by atoms with van der Waals surface area (Å²) in [4.78, 5) is 10.1. The third-order valence-electron chi connectivity index (χ3n) is 0.741. The van der Waals surface area contributed by atoms with Gasteiger partial charge in [0, 0.05) is 0 Å². The third-order valence-corrected chi connectivity index (χ3v) is 1.74. The molecule has 0 unspecified atom stereocenters. The molecule has 0 spiro atoms. The van der Waals surface area contributed by atoms with Crippen LogP contribution < -0.4 is 0 Å². The molecule has 0 rings (SSSR count). The average Bonchev–Trinajstić information content (AvgIpc) is 1.91. The van der Waals surface area contributed by atoms with Gasteiger partial charge in [-0.05, 0) is 18.6 Å². The van der Waals surface area contributed by atoms with Gasteiger partial charge < -0.3 is 0 Å². The van der Waals surface area contributed by atoms with Gasteiger partial charge in [-0.1, -0.05) is 6.92 Å². The van der Waals surface area contributed by atoms with Crippen molar-refractivity contribution in [3.8, 4) is 0 Å². The van der Waals surface area contributed by atoms with Gasteiger partial charge in [0.25, 0.3) is 0 Å². The minimum atomic E-state index is 0.0928. The van der Waals surface area contributed by atoms with E-state index in [9.17, 15) is 4.79 Å². The molecule has 0 radical (unpaired) electrons. The zero-order valence-electron chi connectivity index (χ0n) is 5.50. The Hall–Kier alpha value is -0.290.